The van der Waals surface area contributed by atoms with Gasteiger partial charge in [0.15, 0.2) is 0 Å². The molecule has 0 bridgehead atoms. The summed E-state index contributed by atoms with van der Waals surface area (Å²) in [5.41, 5.74) is 4.66. The highest BCUT2D eigenvalue weighted by molar-refractivity contribution is 5.81. The number of hydrogen-bond acceptors (Lipinski definition) is 3. The second kappa shape index (κ2) is 6.73. The van der Waals surface area contributed by atoms with Crippen molar-refractivity contribution in [1.82, 2.24) is 5.43 Å². The Morgan fingerprint density at radius 1 is 1.10 bits per heavy atom. The fourth-order valence-electron chi connectivity index (χ4n) is 1.80. The molecule has 2 aromatic rings. The van der Waals surface area contributed by atoms with Gasteiger partial charge in [0.1, 0.15) is 6.10 Å². The standard InChI is InChI=1S/C16H18N2O2/c1-13(19)16(20)17-18(15-10-6-3-7-11-15)12-14-8-4-2-5-9-14/h2-11,13,19H,12H2,1H3,(H,17,20). The van der Waals surface area contributed by atoms with Crippen LogP contribution in [0.3, 0.4) is 0 Å². The first-order chi connectivity index (χ1) is 9.66. The number of nitrogens with zero attached hydrogens (tertiary/aromatic N) is 1. The van der Waals surface area contributed by atoms with Gasteiger partial charge in [-0.25, -0.2) is 0 Å². The second-order valence-corrected chi connectivity index (χ2v) is 4.56. The normalized spacial score (nSPS) is 11.7. The highest BCUT2D eigenvalue weighted by Gasteiger charge is 2.14. The number of carbonyl (C=O) groups excluding carboxylic acids is 1. The maximum absolute atomic E-state index is 11.7. The Balaban J connectivity index is 2.18. The molecule has 0 aliphatic rings. The van der Waals surface area contributed by atoms with E-state index in [9.17, 15) is 9.90 Å². The van der Waals surface area contributed by atoms with E-state index in [1.807, 2.05) is 60.7 Å². The molecule has 4 heteroatoms. The minimum atomic E-state index is -1.04. The van der Waals surface area contributed by atoms with Crippen LogP contribution >= 0.6 is 0 Å². The molecular formula is C16H18N2O2. The Kier molecular flexibility index (Phi) is 4.74. The Morgan fingerprint density at radius 2 is 1.65 bits per heavy atom. The van der Waals surface area contributed by atoms with Crippen molar-refractivity contribution in [3.8, 4) is 0 Å². The van der Waals surface area contributed by atoms with Crippen molar-refractivity contribution in [2.75, 3.05) is 5.01 Å². The molecule has 0 saturated heterocycles. The van der Waals surface area contributed by atoms with E-state index in [4.69, 9.17) is 0 Å². The van der Waals surface area contributed by atoms with Crippen LogP contribution in [-0.2, 0) is 11.3 Å². The smallest absolute Gasteiger partial charge is 0.267 e. The molecule has 0 aliphatic heterocycles. The highest BCUT2D eigenvalue weighted by Crippen LogP contribution is 2.14. The van der Waals surface area contributed by atoms with Gasteiger partial charge in [0.2, 0.25) is 0 Å². The van der Waals surface area contributed by atoms with Gasteiger partial charge >= 0.3 is 0 Å². The van der Waals surface area contributed by atoms with Crippen molar-refractivity contribution in [1.29, 1.82) is 0 Å². The SMILES string of the molecule is CC(O)C(=O)NN(Cc1ccccc1)c1ccccc1. The van der Waals surface area contributed by atoms with Crippen LogP contribution in [-0.4, -0.2) is 17.1 Å². The van der Waals surface area contributed by atoms with Gasteiger partial charge < -0.3 is 5.11 Å². The van der Waals surface area contributed by atoms with Gasteiger partial charge in [0.25, 0.3) is 5.91 Å². The summed E-state index contributed by atoms with van der Waals surface area (Å²) in [6.45, 7) is 1.98. The lowest BCUT2D eigenvalue weighted by Crippen LogP contribution is -2.45. The van der Waals surface area contributed by atoms with Crippen molar-refractivity contribution in [2.24, 2.45) is 0 Å². The van der Waals surface area contributed by atoms with Gasteiger partial charge in [-0.2, -0.15) is 0 Å². The minimum Gasteiger partial charge on any atom is -0.383 e. The summed E-state index contributed by atoms with van der Waals surface area (Å²) in [6.07, 6.45) is -1.04. The van der Waals surface area contributed by atoms with Crippen LogP contribution < -0.4 is 10.4 Å². The summed E-state index contributed by atoms with van der Waals surface area (Å²) >= 11 is 0. The highest BCUT2D eigenvalue weighted by atomic mass is 16.3. The van der Waals surface area contributed by atoms with Crippen molar-refractivity contribution >= 4 is 11.6 Å². The lowest BCUT2D eigenvalue weighted by atomic mass is 10.2. The third kappa shape index (κ3) is 3.83. The summed E-state index contributed by atoms with van der Waals surface area (Å²) in [4.78, 5) is 11.7. The lowest BCUT2D eigenvalue weighted by Gasteiger charge is -2.26. The van der Waals surface area contributed by atoms with Gasteiger partial charge in [0, 0.05) is 0 Å². The van der Waals surface area contributed by atoms with Crippen LogP contribution in [0.1, 0.15) is 12.5 Å². The quantitative estimate of drug-likeness (QED) is 0.818. The molecule has 1 atom stereocenters. The number of rotatable bonds is 5. The molecule has 0 heterocycles. The minimum absolute atomic E-state index is 0.426. The summed E-state index contributed by atoms with van der Waals surface area (Å²) in [5, 5.41) is 11.1. The third-order valence-corrected chi connectivity index (χ3v) is 2.88. The summed E-state index contributed by atoms with van der Waals surface area (Å²) < 4.78 is 0. The van der Waals surface area contributed by atoms with Crippen LogP contribution in [0.4, 0.5) is 5.69 Å². The molecule has 0 saturated carbocycles. The van der Waals surface area contributed by atoms with Gasteiger partial charge in [-0.05, 0) is 24.6 Å². The summed E-state index contributed by atoms with van der Waals surface area (Å²) in [7, 11) is 0. The molecule has 1 unspecified atom stereocenters. The predicted molar refractivity (Wildman–Crippen MR) is 78.9 cm³/mol. The summed E-state index contributed by atoms with van der Waals surface area (Å²) in [5.74, 6) is -0.426. The molecule has 2 rings (SSSR count). The first kappa shape index (κ1) is 14.1. The van der Waals surface area contributed by atoms with E-state index < -0.39 is 12.0 Å². The third-order valence-electron chi connectivity index (χ3n) is 2.88. The zero-order valence-electron chi connectivity index (χ0n) is 11.4. The fraction of sp³-hybridized carbons (Fsp3) is 0.188. The van der Waals surface area contributed by atoms with Gasteiger partial charge in [-0.1, -0.05) is 48.5 Å². The second-order valence-electron chi connectivity index (χ2n) is 4.56. The number of aliphatic hydroxyl groups is 1. The molecule has 1 amide bonds. The summed E-state index contributed by atoms with van der Waals surface area (Å²) in [6, 6.07) is 19.4. The van der Waals surface area contributed by atoms with E-state index >= 15 is 0 Å². The first-order valence-corrected chi connectivity index (χ1v) is 6.52. The van der Waals surface area contributed by atoms with E-state index in [2.05, 4.69) is 5.43 Å². The zero-order chi connectivity index (χ0) is 14.4. The van der Waals surface area contributed by atoms with Crippen LogP contribution in [0.5, 0.6) is 0 Å². The number of aliphatic hydroxyl groups excluding tert-OH is 1. The largest absolute Gasteiger partial charge is 0.383 e. The van der Waals surface area contributed by atoms with E-state index in [0.29, 0.717) is 6.54 Å². The van der Waals surface area contributed by atoms with Crippen molar-refractivity contribution in [2.45, 2.75) is 19.6 Å². The molecule has 20 heavy (non-hydrogen) atoms. The predicted octanol–water partition coefficient (Wildman–Crippen LogP) is 2.11. The van der Waals surface area contributed by atoms with Crippen molar-refractivity contribution in [3.05, 3.63) is 66.2 Å². The topological polar surface area (TPSA) is 52.6 Å². The van der Waals surface area contributed by atoms with E-state index in [1.165, 1.54) is 6.92 Å². The van der Waals surface area contributed by atoms with E-state index in [0.717, 1.165) is 11.3 Å². The maximum Gasteiger partial charge on any atom is 0.267 e. The molecule has 0 aliphatic carbocycles. The number of hydrogen-bond donors (Lipinski definition) is 2. The molecule has 4 nitrogen and oxygen atoms in total. The molecular weight excluding hydrogens is 252 g/mol. The van der Waals surface area contributed by atoms with E-state index in [-0.39, 0.29) is 0 Å². The number of amides is 1. The van der Waals surface area contributed by atoms with Crippen LogP contribution in [0, 0.1) is 0 Å². The number of benzene rings is 2. The molecule has 2 N–H and O–H groups in total. The molecule has 0 aromatic heterocycles. The number of nitrogens with one attached hydrogen (secondary N) is 1. The van der Waals surface area contributed by atoms with E-state index in [1.54, 1.807) is 5.01 Å². The van der Waals surface area contributed by atoms with Gasteiger partial charge in [0.05, 0.1) is 12.2 Å². The van der Waals surface area contributed by atoms with Crippen LogP contribution in [0.2, 0.25) is 0 Å². The maximum atomic E-state index is 11.7. The zero-order valence-corrected chi connectivity index (χ0v) is 11.4. The van der Waals surface area contributed by atoms with Crippen molar-refractivity contribution in [3.63, 3.8) is 0 Å². The monoisotopic (exact) mass is 270 g/mol. The number of carbonyl (C=O) groups is 1. The Labute approximate surface area is 118 Å². The van der Waals surface area contributed by atoms with Crippen molar-refractivity contribution < 1.29 is 9.90 Å². The lowest BCUT2D eigenvalue weighted by molar-refractivity contribution is -0.128. The molecule has 0 fully saturated rings. The Hall–Kier alpha value is -2.33. The molecule has 104 valence electrons. The average molecular weight is 270 g/mol. The Morgan fingerprint density at radius 3 is 2.20 bits per heavy atom. The molecule has 0 radical (unpaired) electrons. The number of anilines is 1. The number of para-hydroxylation sites is 1. The Bertz CT molecular complexity index is 541. The van der Waals surface area contributed by atoms with Gasteiger partial charge in [-0.3, -0.25) is 15.2 Å². The van der Waals surface area contributed by atoms with Gasteiger partial charge in [-0.15, -0.1) is 0 Å². The van der Waals surface area contributed by atoms with Crippen LogP contribution in [0.15, 0.2) is 60.7 Å². The first-order valence-electron chi connectivity index (χ1n) is 6.52. The fourth-order valence-corrected chi connectivity index (χ4v) is 1.80. The number of hydrazine groups is 1. The molecule has 2 aromatic carbocycles. The average Bonchev–Trinajstić information content (AvgIpc) is 2.48. The van der Waals surface area contributed by atoms with Crippen LogP contribution in [0.25, 0.3) is 0 Å². The molecule has 0 spiro atoms.